The monoisotopic (exact) mass is 344 g/mol. The average Bonchev–Trinajstić information content (AvgIpc) is 2.72. The van der Waals surface area contributed by atoms with Gasteiger partial charge in [-0.05, 0) is 45.3 Å². The molecule has 1 aliphatic carbocycles. The van der Waals surface area contributed by atoms with Crippen LogP contribution in [0.2, 0.25) is 0 Å². The van der Waals surface area contributed by atoms with Gasteiger partial charge in [0.15, 0.2) is 0 Å². The molecule has 1 N–H and O–H groups in total. The summed E-state index contributed by atoms with van der Waals surface area (Å²) in [5.74, 6) is 0. The fraction of sp³-hybridized carbons (Fsp3) is 0.368. The zero-order chi connectivity index (χ0) is 17.5. The second kappa shape index (κ2) is 6.10. The van der Waals surface area contributed by atoms with Crippen LogP contribution in [0.25, 0.3) is 23.1 Å². The molecule has 0 saturated heterocycles. The highest BCUT2D eigenvalue weighted by molar-refractivity contribution is 6.51. The Kier molecular flexibility index (Phi) is 4.41. The standard InChI is InChI=1S/C19H22BClO3/c1-18(2,22)19(3,4)24-20-14-8-6-10-16-17(14)13-11-12(21)7-5-9-15(13)23-16/h5-12,20,22H,1-4H3. The van der Waals surface area contributed by atoms with Gasteiger partial charge < -0.3 is 14.2 Å². The van der Waals surface area contributed by atoms with E-state index in [1.54, 1.807) is 13.8 Å². The minimum Gasteiger partial charge on any atom is -0.456 e. The van der Waals surface area contributed by atoms with Crippen LogP contribution in [0.3, 0.4) is 0 Å². The highest BCUT2D eigenvalue weighted by atomic mass is 35.5. The van der Waals surface area contributed by atoms with E-state index in [2.05, 4.69) is 0 Å². The van der Waals surface area contributed by atoms with E-state index in [0.29, 0.717) is 7.48 Å². The van der Waals surface area contributed by atoms with Crippen molar-refractivity contribution in [3.63, 3.8) is 0 Å². The van der Waals surface area contributed by atoms with Crippen LogP contribution >= 0.6 is 11.6 Å². The first-order valence-electron chi connectivity index (χ1n) is 8.10. The predicted octanol–water partition coefficient (Wildman–Crippen LogP) is 1.71. The quantitative estimate of drug-likeness (QED) is 0.678. The van der Waals surface area contributed by atoms with Crippen LogP contribution in [-0.2, 0) is 4.65 Å². The van der Waals surface area contributed by atoms with Gasteiger partial charge in [-0.1, -0.05) is 30.4 Å². The lowest BCUT2D eigenvalue weighted by atomic mass is 9.81. The molecule has 1 aliphatic rings. The summed E-state index contributed by atoms with van der Waals surface area (Å²) in [6.45, 7) is 7.29. The van der Waals surface area contributed by atoms with Crippen LogP contribution in [0.5, 0.6) is 0 Å². The second-order valence-electron chi connectivity index (χ2n) is 7.19. The molecule has 3 nitrogen and oxygen atoms in total. The summed E-state index contributed by atoms with van der Waals surface area (Å²) < 4.78 is 12.0. The molecule has 0 spiro atoms. The molecule has 0 aliphatic heterocycles. The van der Waals surface area contributed by atoms with E-state index >= 15 is 0 Å². The van der Waals surface area contributed by atoms with Crippen molar-refractivity contribution in [2.75, 3.05) is 0 Å². The molecule has 5 heteroatoms. The summed E-state index contributed by atoms with van der Waals surface area (Å²) in [5, 5.41) is 12.1. The Morgan fingerprint density at radius 2 is 2.00 bits per heavy atom. The van der Waals surface area contributed by atoms with Gasteiger partial charge in [-0.15, -0.1) is 11.6 Å². The molecule has 0 radical (unpaired) electrons. The smallest absolute Gasteiger partial charge is 0.310 e. The molecule has 1 aromatic carbocycles. The average molecular weight is 345 g/mol. The van der Waals surface area contributed by atoms with Crippen molar-refractivity contribution in [3.8, 4) is 0 Å². The van der Waals surface area contributed by atoms with E-state index < -0.39 is 11.2 Å². The molecule has 0 saturated carbocycles. The fourth-order valence-corrected chi connectivity index (χ4v) is 2.78. The Balaban J connectivity index is 2.07. The van der Waals surface area contributed by atoms with Gasteiger partial charge in [0.2, 0.25) is 0 Å². The van der Waals surface area contributed by atoms with Gasteiger partial charge in [-0.2, -0.15) is 0 Å². The molecule has 1 heterocycles. The Morgan fingerprint density at radius 1 is 1.25 bits per heavy atom. The predicted molar refractivity (Wildman–Crippen MR) is 101 cm³/mol. The highest BCUT2D eigenvalue weighted by Crippen LogP contribution is 2.24. The number of aliphatic hydroxyl groups is 1. The lowest BCUT2D eigenvalue weighted by Crippen LogP contribution is -2.49. The maximum Gasteiger partial charge on any atom is 0.310 e. The summed E-state index contributed by atoms with van der Waals surface area (Å²) in [7, 11) is 0.383. The van der Waals surface area contributed by atoms with E-state index in [1.807, 2.05) is 56.4 Å². The molecule has 24 heavy (non-hydrogen) atoms. The van der Waals surface area contributed by atoms with Crippen LogP contribution in [0.1, 0.15) is 27.7 Å². The third-order valence-corrected chi connectivity index (χ3v) is 5.07. The number of benzene rings is 1. The van der Waals surface area contributed by atoms with Gasteiger partial charge in [0.25, 0.3) is 0 Å². The van der Waals surface area contributed by atoms with E-state index in [4.69, 9.17) is 20.7 Å². The minimum atomic E-state index is -0.945. The number of rotatable bonds is 4. The third-order valence-electron chi connectivity index (χ3n) is 4.80. The Labute approximate surface area is 147 Å². The fourth-order valence-electron chi connectivity index (χ4n) is 2.57. The van der Waals surface area contributed by atoms with Crippen molar-refractivity contribution in [1.29, 1.82) is 0 Å². The molecular weight excluding hydrogens is 322 g/mol. The molecule has 1 aromatic heterocycles. The summed E-state index contributed by atoms with van der Waals surface area (Å²) in [5.41, 5.74) is 1.01. The van der Waals surface area contributed by atoms with Crippen LogP contribution in [0, 0.1) is 0 Å². The lowest BCUT2D eigenvalue weighted by Gasteiger charge is -2.37. The minimum absolute atomic E-state index is 0.176. The molecule has 3 rings (SSSR count). The number of alkyl halides is 1. The van der Waals surface area contributed by atoms with Crippen molar-refractivity contribution in [2.24, 2.45) is 0 Å². The molecule has 1 unspecified atom stereocenters. The number of hydrogen-bond donors (Lipinski definition) is 1. The topological polar surface area (TPSA) is 42.6 Å². The summed E-state index contributed by atoms with van der Waals surface area (Å²) in [4.78, 5) is 0. The SMILES string of the molecule is CC(C)(O)C(C)(C)OBc1cccc2oc3c(c12)=CC(Cl)C=CC=3. The third kappa shape index (κ3) is 3.19. The zero-order valence-electron chi connectivity index (χ0n) is 14.5. The van der Waals surface area contributed by atoms with Gasteiger partial charge in [-0.3, -0.25) is 0 Å². The largest absolute Gasteiger partial charge is 0.456 e. The zero-order valence-corrected chi connectivity index (χ0v) is 15.2. The van der Waals surface area contributed by atoms with Crippen molar-refractivity contribution in [2.45, 2.75) is 44.3 Å². The van der Waals surface area contributed by atoms with Crippen LogP contribution in [-0.4, -0.2) is 29.2 Å². The maximum absolute atomic E-state index is 10.3. The number of halogens is 1. The molecule has 0 bridgehead atoms. The number of furan rings is 1. The van der Waals surface area contributed by atoms with E-state index in [-0.39, 0.29) is 5.38 Å². The van der Waals surface area contributed by atoms with Gasteiger partial charge in [-0.25, -0.2) is 0 Å². The Hall–Kier alpha value is -1.49. The van der Waals surface area contributed by atoms with Gasteiger partial charge in [0.05, 0.1) is 16.6 Å². The Bertz CT molecular complexity index is 903. The summed E-state index contributed by atoms with van der Waals surface area (Å²) in [6, 6.07) is 5.92. The van der Waals surface area contributed by atoms with Gasteiger partial charge in [0, 0.05) is 10.6 Å². The second-order valence-corrected chi connectivity index (χ2v) is 7.69. The van der Waals surface area contributed by atoms with Crippen LogP contribution in [0.15, 0.2) is 34.8 Å². The van der Waals surface area contributed by atoms with Crippen LogP contribution in [0.4, 0.5) is 0 Å². The van der Waals surface area contributed by atoms with Crippen molar-refractivity contribution in [3.05, 3.63) is 41.0 Å². The first-order valence-corrected chi connectivity index (χ1v) is 8.54. The molecule has 1 atom stereocenters. The van der Waals surface area contributed by atoms with Gasteiger partial charge >= 0.3 is 7.48 Å². The maximum atomic E-state index is 10.3. The molecule has 0 amide bonds. The molecular formula is C19H22BClO3. The lowest BCUT2D eigenvalue weighted by molar-refractivity contribution is -0.0893. The molecule has 0 fully saturated rings. The van der Waals surface area contributed by atoms with E-state index in [1.165, 1.54) is 0 Å². The number of fused-ring (bicyclic) bond motifs is 3. The van der Waals surface area contributed by atoms with Crippen molar-refractivity contribution >= 4 is 47.7 Å². The number of hydrogen-bond acceptors (Lipinski definition) is 3. The normalized spacial score (nSPS) is 17.8. The first-order chi connectivity index (χ1) is 11.2. The number of allylic oxidation sites excluding steroid dienone is 2. The molecule has 126 valence electrons. The van der Waals surface area contributed by atoms with E-state index in [9.17, 15) is 5.11 Å². The summed E-state index contributed by atoms with van der Waals surface area (Å²) >= 11 is 6.30. The molecule has 2 aromatic rings. The van der Waals surface area contributed by atoms with E-state index in [0.717, 1.165) is 27.1 Å². The van der Waals surface area contributed by atoms with Gasteiger partial charge in [0.1, 0.15) is 11.0 Å². The summed E-state index contributed by atoms with van der Waals surface area (Å²) in [6.07, 6.45) is 7.75. The Morgan fingerprint density at radius 3 is 2.71 bits per heavy atom. The van der Waals surface area contributed by atoms with Crippen molar-refractivity contribution in [1.82, 2.24) is 0 Å². The first kappa shape index (κ1) is 17.3. The van der Waals surface area contributed by atoms with Crippen LogP contribution < -0.4 is 16.1 Å². The van der Waals surface area contributed by atoms with Crippen molar-refractivity contribution < 1.29 is 14.2 Å². The highest BCUT2D eigenvalue weighted by Gasteiger charge is 2.35.